The Kier molecular flexibility index (Phi) is 5.25. The Morgan fingerprint density at radius 1 is 1.16 bits per heavy atom. The van der Waals surface area contributed by atoms with E-state index in [0.29, 0.717) is 18.9 Å². The van der Waals surface area contributed by atoms with Crippen molar-refractivity contribution >= 4 is 5.91 Å². The Bertz CT molecular complexity index is 409. The molecule has 0 atom stereocenters. The number of amides is 1. The van der Waals surface area contributed by atoms with Crippen LogP contribution >= 0.6 is 0 Å². The smallest absolute Gasteiger partial charge is 0.220 e. The zero-order chi connectivity index (χ0) is 13.5. The van der Waals surface area contributed by atoms with Crippen LogP contribution in [0.15, 0.2) is 24.3 Å². The fourth-order valence-corrected chi connectivity index (χ4v) is 2.69. The Balaban J connectivity index is 1.76. The van der Waals surface area contributed by atoms with Crippen LogP contribution in [0.5, 0.6) is 5.75 Å². The van der Waals surface area contributed by atoms with Crippen molar-refractivity contribution in [2.24, 2.45) is 0 Å². The molecular formula is C16H23NO2. The Morgan fingerprint density at radius 3 is 2.53 bits per heavy atom. The predicted octanol–water partition coefficient (Wildman–Crippen LogP) is 3.16. The van der Waals surface area contributed by atoms with Crippen molar-refractivity contribution in [1.82, 2.24) is 5.32 Å². The molecule has 0 unspecified atom stereocenters. The number of hydrogen-bond acceptors (Lipinski definition) is 2. The van der Waals surface area contributed by atoms with E-state index in [9.17, 15) is 9.90 Å². The van der Waals surface area contributed by atoms with Gasteiger partial charge in [-0.3, -0.25) is 4.79 Å². The van der Waals surface area contributed by atoms with Gasteiger partial charge >= 0.3 is 0 Å². The van der Waals surface area contributed by atoms with Crippen molar-refractivity contribution in [2.75, 3.05) is 0 Å². The molecule has 0 radical (unpaired) electrons. The normalized spacial score (nSPS) is 16.8. The fourth-order valence-electron chi connectivity index (χ4n) is 2.69. The first-order valence-corrected chi connectivity index (χ1v) is 7.32. The molecule has 0 aromatic heterocycles. The molecule has 2 rings (SSSR count). The second kappa shape index (κ2) is 7.17. The average Bonchev–Trinajstić information content (AvgIpc) is 2.66. The maximum Gasteiger partial charge on any atom is 0.220 e. The number of para-hydroxylation sites is 1. The lowest BCUT2D eigenvalue weighted by atomic mass is 10.1. The van der Waals surface area contributed by atoms with E-state index in [-0.39, 0.29) is 11.7 Å². The molecule has 1 aromatic rings. The van der Waals surface area contributed by atoms with Crippen LogP contribution in [0.4, 0.5) is 0 Å². The number of phenols is 1. The number of carbonyl (C=O) groups is 1. The molecule has 1 aliphatic rings. The molecule has 0 bridgehead atoms. The fraction of sp³-hybridized carbons (Fsp3) is 0.562. The van der Waals surface area contributed by atoms with Gasteiger partial charge in [-0.05, 0) is 30.9 Å². The Hall–Kier alpha value is -1.51. The summed E-state index contributed by atoms with van der Waals surface area (Å²) >= 11 is 0. The minimum atomic E-state index is 0.107. The summed E-state index contributed by atoms with van der Waals surface area (Å²) in [5.41, 5.74) is 0.846. The van der Waals surface area contributed by atoms with E-state index >= 15 is 0 Å². The van der Waals surface area contributed by atoms with Crippen molar-refractivity contribution in [3.05, 3.63) is 29.8 Å². The number of aromatic hydroxyl groups is 1. The summed E-state index contributed by atoms with van der Waals surface area (Å²) in [5, 5.41) is 12.8. The number of aryl methyl sites for hydroxylation is 1. The van der Waals surface area contributed by atoms with Crippen LogP contribution in [0.3, 0.4) is 0 Å². The molecule has 1 aromatic carbocycles. The number of hydrogen-bond donors (Lipinski definition) is 2. The van der Waals surface area contributed by atoms with Crippen molar-refractivity contribution in [1.29, 1.82) is 0 Å². The molecule has 0 spiro atoms. The van der Waals surface area contributed by atoms with Gasteiger partial charge in [0.1, 0.15) is 5.75 Å². The number of phenolic OH excluding ortho intramolecular Hbond substituents is 1. The van der Waals surface area contributed by atoms with Gasteiger partial charge in [-0.1, -0.05) is 43.9 Å². The lowest BCUT2D eigenvalue weighted by molar-refractivity contribution is -0.121. The zero-order valence-electron chi connectivity index (χ0n) is 11.4. The number of rotatable bonds is 4. The zero-order valence-corrected chi connectivity index (χ0v) is 11.4. The number of nitrogens with one attached hydrogen (secondary N) is 1. The second-order valence-corrected chi connectivity index (χ2v) is 5.38. The maximum atomic E-state index is 11.9. The molecule has 1 saturated carbocycles. The summed E-state index contributed by atoms with van der Waals surface area (Å²) in [6, 6.07) is 7.58. The molecule has 1 amide bonds. The van der Waals surface area contributed by atoms with Gasteiger partial charge in [0, 0.05) is 12.5 Å². The summed E-state index contributed by atoms with van der Waals surface area (Å²) in [6.45, 7) is 0. The molecule has 1 fully saturated rings. The SMILES string of the molecule is O=C(CCc1ccccc1O)NC1CCCCCC1. The highest BCUT2D eigenvalue weighted by atomic mass is 16.3. The van der Waals surface area contributed by atoms with E-state index < -0.39 is 0 Å². The van der Waals surface area contributed by atoms with Gasteiger partial charge in [0.2, 0.25) is 5.91 Å². The number of benzene rings is 1. The highest BCUT2D eigenvalue weighted by Crippen LogP contribution is 2.19. The molecule has 2 N–H and O–H groups in total. The van der Waals surface area contributed by atoms with Gasteiger partial charge in [-0.25, -0.2) is 0 Å². The van der Waals surface area contributed by atoms with Gasteiger partial charge in [0.15, 0.2) is 0 Å². The largest absolute Gasteiger partial charge is 0.508 e. The highest BCUT2D eigenvalue weighted by molar-refractivity contribution is 5.76. The Morgan fingerprint density at radius 2 is 1.84 bits per heavy atom. The maximum absolute atomic E-state index is 11.9. The third kappa shape index (κ3) is 4.58. The lowest BCUT2D eigenvalue weighted by Crippen LogP contribution is -2.34. The summed E-state index contributed by atoms with van der Waals surface area (Å²) in [6.07, 6.45) is 8.33. The topological polar surface area (TPSA) is 49.3 Å². The molecule has 104 valence electrons. The predicted molar refractivity (Wildman–Crippen MR) is 76.1 cm³/mol. The van der Waals surface area contributed by atoms with Crippen molar-refractivity contribution in [2.45, 2.75) is 57.4 Å². The van der Waals surface area contributed by atoms with Gasteiger partial charge in [0.05, 0.1) is 0 Å². The first kappa shape index (κ1) is 13.9. The van der Waals surface area contributed by atoms with Crippen LogP contribution in [0, 0.1) is 0 Å². The second-order valence-electron chi connectivity index (χ2n) is 5.38. The van der Waals surface area contributed by atoms with E-state index in [2.05, 4.69) is 5.32 Å². The summed E-state index contributed by atoms with van der Waals surface area (Å²) in [7, 11) is 0. The van der Waals surface area contributed by atoms with Crippen LogP contribution in [0.1, 0.15) is 50.5 Å². The molecular weight excluding hydrogens is 238 g/mol. The van der Waals surface area contributed by atoms with Gasteiger partial charge in [-0.2, -0.15) is 0 Å². The van der Waals surface area contributed by atoms with Crippen LogP contribution in [0.2, 0.25) is 0 Å². The lowest BCUT2D eigenvalue weighted by Gasteiger charge is -2.16. The molecule has 0 aliphatic heterocycles. The van der Waals surface area contributed by atoms with Crippen molar-refractivity contribution in [3.63, 3.8) is 0 Å². The summed E-state index contributed by atoms with van der Waals surface area (Å²) < 4.78 is 0. The first-order valence-electron chi connectivity index (χ1n) is 7.32. The van der Waals surface area contributed by atoms with Crippen LogP contribution in [-0.4, -0.2) is 17.1 Å². The Labute approximate surface area is 115 Å². The third-order valence-electron chi connectivity index (χ3n) is 3.83. The van der Waals surface area contributed by atoms with Crippen LogP contribution in [-0.2, 0) is 11.2 Å². The van der Waals surface area contributed by atoms with Gasteiger partial charge in [0.25, 0.3) is 0 Å². The number of carbonyl (C=O) groups excluding carboxylic acids is 1. The van der Waals surface area contributed by atoms with E-state index in [1.54, 1.807) is 12.1 Å². The molecule has 1 aliphatic carbocycles. The highest BCUT2D eigenvalue weighted by Gasteiger charge is 2.14. The summed E-state index contributed by atoms with van der Waals surface area (Å²) in [5.74, 6) is 0.389. The molecule has 0 heterocycles. The molecule has 0 saturated heterocycles. The van der Waals surface area contributed by atoms with E-state index in [0.717, 1.165) is 18.4 Å². The minimum Gasteiger partial charge on any atom is -0.508 e. The van der Waals surface area contributed by atoms with Gasteiger partial charge < -0.3 is 10.4 Å². The minimum absolute atomic E-state index is 0.107. The standard InChI is InChI=1S/C16H23NO2/c18-15-10-6-5-7-13(15)11-12-16(19)17-14-8-3-1-2-4-9-14/h5-7,10,14,18H,1-4,8-9,11-12H2,(H,17,19). The monoisotopic (exact) mass is 261 g/mol. The first-order chi connectivity index (χ1) is 9.25. The van der Waals surface area contributed by atoms with Crippen molar-refractivity contribution in [3.8, 4) is 5.75 Å². The average molecular weight is 261 g/mol. The van der Waals surface area contributed by atoms with E-state index in [1.807, 2.05) is 12.1 Å². The third-order valence-corrected chi connectivity index (χ3v) is 3.83. The summed E-state index contributed by atoms with van der Waals surface area (Å²) in [4.78, 5) is 11.9. The molecule has 3 heteroatoms. The van der Waals surface area contributed by atoms with Crippen LogP contribution < -0.4 is 5.32 Å². The molecule has 19 heavy (non-hydrogen) atoms. The van der Waals surface area contributed by atoms with E-state index in [4.69, 9.17) is 0 Å². The van der Waals surface area contributed by atoms with Crippen molar-refractivity contribution < 1.29 is 9.90 Å². The molecule has 3 nitrogen and oxygen atoms in total. The van der Waals surface area contributed by atoms with Gasteiger partial charge in [-0.15, -0.1) is 0 Å². The van der Waals surface area contributed by atoms with Crippen LogP contribution in [0.25, 0.3) is 0 Å². The van der Waals surface area contributed by atoms with E-state index in [1.165, 1.54) is 25.7 Å². The quantitative estimate of drug-likeness (QED) is 0.818.